The molecule has 3 aromatic rings. The molecule has 5 nitrogen and oxygen atoms in total. The number of hydrogen-bond donors (Lipinski definition) is 0. The first-order valence-corrected chi connectivity index (χ1v) is 10.5. The molecule has 0 spiro atoms. The molecule has 1 saturated heterocycles. The van der Waals surface area contributed by atoms with Crippen LogP contribution in [0.1, 0.15) is 31.9 Å². The van der Waals surface area contributed by atoms with Crippen LogP contribution in [0.25, 0.3) is 11.2 Å². The number of hydrogen-bond acceptors (Lipinski definition) is 6. The van der Waals surface area contributed by atoms with Crippen molar-refractivity contribution in [1.82, 2.24) is 19.9 Å². The van der Waals surface area contributed by atoms with Crippen LogP contribution in [0.4, 0.5) is 5.82 Å². The van der Waals surface area contributed by atoms with Crippen molar-refractivity contribution >= 4 is 40.3 Å². The lowest BCUT2D eigenvalue weighted by Gasteiger charge is -2.21. The van der Waals surface area contributed by atoms with Gasteiger partial charge in [-0.1, -0.05) is 30.3 Å². The predicted molar refractivity (Wildman–Crippen MR) is 111 cm³/mol. The van der Waals surface area contributed by atoms with Gasteiger partial charge >= 0.3 is 0 Å². The van der Waals surface area contributed by atoms with Crippen molar-refractivity contribution in [2.75, 3.05) is 18.0 Å². The van der Waals surface area contributed by atoms with Gasteiger partial charge in [0.2, 0.25) is 0 Å². The fourth-order valence-corrected chi connectivity index (χ4v) is 4.38. The third-order valence-corrected chi connectivity index (χ3v) is 6.54. The first-order valence-electron chi connectivity index (χ1n) is 9.28. The summed E-state index contributed by atoms with van der Waals surface area (Å²) in [6.45, 7) is 6.32. The number of anilines is 1. The van der Waals surface area contributed by atoms with Crippen LogP contribution in [-0.2, 0) is 0 Å². The van der Waals surface area contributed by atoms with Crippen molar-refractivity contribution in [2.45, 2.75) is 43.0 Å². The van der Waals surface area contributed by atoms with Gasteiger partial charge in [-0.05, 0) is 50.3 Å². The average Bonchev–Trinajstić information content (AvgIpc) is 2.89. The molecule has 3 aromatic heterocycles. The minimum absolute atomic E-state index is 0.661. The van der Waals surface area contributed by atoms with E-state index in [-0.39, 0.29) is 0 Å². The van der Waals surface area contributed by atoms with Gasteiger partial charge in [-0.3, -0.25) is 4.98 Å². The zero-order valence-electron chi connectivity index (χ0n) is 15.5. The van der Waals surface area contributed by atoms with E-state index < -0.39 is 0 Å². The number of halogens is 1. The highest BCUT2D eigenvalue weighted by Gasteiger charge is 2.16. The minimum Gasteiger partial charge on any atom is -0.355 e. The second-order valence-electron chi connectivity index (χ2n) is 7.05. The van der Waals surface area contributed by atoms with Crippen molar-refractivity contribution in [1.29, 1.82) is 0 Å². The van der Waals surface area contributed by atoms with Gasteiger partial charge in [0.25, 0.3) is 0 Å². The summed E-state index contributed by atoms with van der Waals surface area (Å²) in [5.41, 5.74) is 2.30. The molecule has 27 heavy (non-hydrogen) atoms. The lowest BCUT2D eigenvalue weighted by molar-refractivity contribution is 0.521. The Balaban J connectivity index is 1.57. The van der Waals surface area contributed by atoms with E-state index >= 15 is 0 Å². The molecule has 4 rings (SSSR count). The number of aromatic nitrogens is 4. The normalized spacial score (nSPS) is 17.9. The molecule has 0 amide bonds. The molecule has 1 unspecified atom stereocenters. The highest BCUT2D eigenvalue weighted by Crippen LogP contribution is 2.33. The number of pyridine rings is 2. The molecule has 1 aliphatic rings. The Hall–Kier alpha value is -1.92. The molecule has 4 heterocycles. The van der Waals surface area contributed by atoms with Crippen LogP contribution in [-0.4, -0.2) is 33.0 Å². The summed E-state index contributed by atoms with van der Waals surface area (Å²) >= 11 is 7.86. The SMILES string of the molecule is Cc1nccc(Sc2ccc3nc(N4CCCC(C)CC4)cnc3n2)c1Cl. The highest BCUT2D eigenvalue weighted by molar-refractivity contribution is 7.99. The molecule has 7 heteroatoms. The molecular weight excluding hydrogens is 378 g/mol. The van der Waals surface area contributed by atoms with E-state index in [0.717, 1.165) is 46.0 Å². The number of nitrogens with zero attached hydrogens (tertiary/aromatic N) is 5. The van der Waals surface area contributed by atoms with Crippen molar-refractivity contribution in [2.24, 2.45) is 5.92 Å². The van der Waals surface area contributed by atoms with Crippen LogP contribution in [0.15, 0.2) is 40.5 Å². The maximum absolute atomic E-state index is 6.35. The van der Waals surface area contributed by atoms with E-state index in [1.807, 2.05) is 31.3 Å². The van der Waals surface area contributed by atoms with Gasteiger partial charge in [-0.15, -0.1) is 0 Å². The van der Waals surface area contributed by atoms with Gasteiger partial charge < -0.3 is 4.90 Å². The molecule has 0 aliphatic carbocycles. The fourth-order valence-electron chi connectivity index (χ4n) is 3.29. The molecule has 0 saturated carbocycles. The lowest BCUT2D eigenvalue weighted by Crippen LogP contribution is -2.25. The van der Waals surface area contributed by atoms with E-state index in [1.54, 1.807) is 6.20 Å². The average molecular weight is 400 g/mol. The summed E-state index contributed by atoms with van der Waals surface area (Å²) in [6, 6.07) is 5.87. The molecule has 0 aromatic carbocycles. The van der Waals surface area contributed by atoms with Gasteiger partial charge in [-0.2, -0.15) is 0 Å². The van der Waals surface area contributed by atoms with Gasteiger partial charge in [0.05, 0.1) is 16.9 Å². The summed E-state index contributed by atoms with van der Waals surface area (Å²) in [5.74, 6) is 1.74. The minimum atomic E-state index is 0.661. The van der Waals surface area contributed by atoms with E-state index in [1.165, 1.54) is 31.0 Å². The van der Waals surface area contributed by atoms with Gasteiger partial charge in [-0.25, -0.2) is 15.0 Å². The molecule has 1 aliphatic heterocycles. The molecule has 1 fully saturated rings. The van der Waals surface area contributed by atoms with Crippen molar-refractivity contribution in [3.05, 3.63) is 41.3 Å². The predicted octanol–water partition coefficient (Wildman–Crippen LogP) is 5.16. The summed E-state index contributed by atoms with van der Waals surface area (Å²) < 4.78 is 0. The Morgan fingerprint density at radius 1 is 1.11 bits per heavy atom. The van der Waals surface area contributed by atoms with Crippen LogP contribution in [0.5, 0.6) is 0 Å². The first-order chi connectivity index (χ1) is 13.1. The molecule has 0 N–H and O–H groups in total. The van der Waals surface area contributed by atoms with Crippen LogP contribution in [0, 0.1) is 12.8 Å². The topological polar surface area (TPSA) is 54.8 Å². The molecule has 140 valence electrons. The monoisotopic (exact) mass is 399 g/mol. The standard InChI is InChI=1S/C20H22ClN5S/c1-13-4-3-10-26(11-8-13)17-12-23-20-15(24-17)5-6-18(25-20)27-16-7-9-22-14(2)19(16)21/h5-7,9,12-13H,3-4,8,10-11H2,1-2H3. The second kappa shape index (κ2) is 7.98. The lowest BCUT2D eigenvalue weighted by atomic mass is 10.0. The second-order valence-corrected chi connectivity index (χ2v) is 8.49. The number of rotatable bonds is 3. The first kappa shape index (κ1) is 18.4. The highest BCUT2D eigenvalue weighted by atomic mass is 35.5. The smallest absolute Gasteiger partial charge is 0.179 e. The summed E-state index contributed by atoms with van der Waals surface area (Å²) in [7, 11) is 0. The van der Waals surface area contributed by atoms with Crippen LogP contribution in [0.2, 0.25) is 5.02 Å². The Morgan fingerprint density at radius 3 is 2.89 bits per heavy atom. The zero-order chi connectivity index (χ0) is 18.8. The van der Waals surface area contributed by atoms with Crippen molar-refractivity contribution < 1.29 is 0 Å². The van der Waals surface area contributed by atoms with E-state index in [9.17, 15) is 0 Å². The Kier molecular flexibility index (Phi) is 5.45. The summed E-state index contributed by atoms with van der Waals surface area (Å²) in [4.78, 5) is 21.5. The van der Waals surface area contributed by atoms with Crippen LogP contribution >= 0.6 is 23.4 Å². The zero-order valence-corrected chi connectivity index (χ0v) is 17.1. The quantitative estimate of drug-likeness (QED) is 0.606. The molecule has 0 bridgehead atoms. The van der Waals surface area contributed by atoms with Gasteiger partial charge in [0, 0.05) is 24.2 Å². The molecular formula is C20H22ClN5S. The van der Waals surface area contributed by atoms with E-state index in [4.69, 9.17) is 16.6 Å². The van der Waals surface area contributed by atoms with Crippen molar-refractivity contribution in [3.8, 4) is 0 Å². The number of fused-ring (bicyclic) bond motifs is 1. The third kappa shape index (κ3) is 4.17. The number of aryl methyl sites for hydroxylation is 1. The van der Waals surface area contributed by atoms with Crippen LogP contribution < -0.4 is 4.90 Å². The Labute approximate surface area is 168 Å². The maximum Gasteiger partial charge on any atom is 0.179 e. The van der Waals surface area contributed by atoms with Crippen molar-refractivity contribution in [3.63, 3.8) is 0 Å². The van der Waals surface area contributed by atoms with E-state index in [0.29, 0.717) is 10.7 Å². The van der Waals surface area contributed by atoms with Gasteiger partial charge in [0.1, 0.15) is 16.4 Å². The summed E-state index contributed by atoms with van der Waals surface area (Å²) in [6.07, 6.45) is 7.32. The third-order valence-electron chi connectivity index (χ3n) is 4.95. The van der Waals surface area contributed by atoms with Gasteiger partial charge in [0.15, 0.2) is 5.65 Å². The van der Waals surface area contributed by atoms with E-state index in [2.05, 4.69) is 26.8 Å². The fraction of sp³-hybridized carbons (Fsp3) is 0.400. The summed E-state index contributed by atoms with van der Waals surface area (Å²) in [5, 5.41) is 1.52. The largest absolute Gasteiger partial charge is 0.355 e. The molecule has 0 radical (unpaired) electrons. The van der Waals surface area contributed by atoms with Crippen LogP contribution in [0.3, 0.4) is 0 Å². The Bertz CT molecular complexity index is 964. The Morgan fingerprint density at radius 2 is 2.00 bits per heavy atom. The molecule has 1 atom stereocenters. The maximum atomic E-state index is 6.35.